The van der Waals surface area contributed by atoms with Gasteiger partial charge in [-0.15, -0.1) is 11.3 Å². The Kier molecular flexibility index (Phi) is 3.68. The van der Waals surface area contributed by atoms with Gasteiger partial charge >= 0.3 is 0 Å². The summed E-state index contributed by atoms with van der Waals surface area (Å²) in [4.78, 5) is 7.10. The van der Waals surface area contributed by atoms with Gasteiger partial charge in [-0.3, -0.25) is 4.90 Å². The van der Waals surface area contributed by atoms with Crippen LogP contribution in [0.4, 0.5) is 0 Å². The number of hydrogen-bond acceptors (Lipinski definition) is 4. The smallest absolute Gasteiger partial charge is 0.0965 e. The van der Waals surface area contributed by atoms with Crippen molar-refractivity contribution in [2.45, 2.75) is 57.2 Å². The Morgan fingerprint density at radius 1 is 1.56 bits per heavy atom. The van der Waals surface area contributed by atoms with E-state index in [1.807, 2.05) is 6.20 Å². The zero-order chi connectivity index (χ0) is 12.5. The molecule has 2 aliphatic rings. The highest BCUT2D eigenvalue weighted by Gasteiger charge is 2.38. The molecule has 3 rings (SSSR count). The maximum absolute atomic E-state index is 4.40. The fourth-order valence-electron chi connectivity index (χ4n) is 3.03. The first-order chi connectivity index (χ1) is 8.74. The van der Waals surface area contributed by atoms with Crippen LogP contribution in [0.25, 0.3) is 0 Å². The molecule has 3 unspecified atom stereocenters. The summed E-state index contributed by atoms with van der Waals surface area (Å²) in [6.45, 7) is 6.95. The van der Waals surface area contributed by atoms with Crippen molar-refractivity contribution in [3.8, 4) is 0 Å². The molecule has 0 amide bonds. The van der Waals surface area contributed by atoms with Crippen molar-refractivity contribution < 1.29 is 0 Å². The molecule has 2 heterocycles. The lowest BCUT2D eigenvalue weighted by Gasteiger charge is -2.20. The lowest BCUT2D eigenvalue weighted by atomic mass is 10.1. The van der Waals surface area contributed by atoms with E-state index < -0.39 is 0 Å². The largest absolute Gasteiger partial charge is 0.312 e. The molecule has 0 radical (unpaired) electrons. The number of rotatable bonds is 5. The van der Waals surface area contributed by atoms with Crippen LogP contribution < -0.4 is 5.32 Å². The Hall–Kier alpha value is -0.450. The molecular formula is C14H23N3S. The monoisotopic (exact) mass is 265 g/mol. The Morgan fingerprint density at radius 2 is 2.39 bits per heavy atom. The van der Waals surface area contributed by atoms with Crippen LogP contribution in [0.15, 0.2) is 11.6 Å². The number of thiazole rings is 1. The van der Waals surface area contributed by atoms with Gasteiger partial charge in [0.1, 0.15) is 0 Å². The first-order valence-corrected chi connectivity index (χ1v) is 8.00. The molecule has 1 N–H and O–H groups in total. The molecule has 1 saturated heterocycles. The Morgan fingerprint density at radius 3 is 3.06 bits per heavy atom. The van der Waals surface area contributed by atoms with Gasteiger partial charge in [0, 0.05) is 48.7 Å². The molecular weight excluding hydrogens is 242 g/mol. The van der Waals surface area contributed by atoms with Gasteiger partial charge in [-0.2, -0.15) is 0 Å². The highest BCUT2D eigenvalue weighted by Crippen LogP contribution is 2.33. The summed E-state index contributed by atoms with van der Waals surface area (Å²) >= 11 is 1.77. The summed E-state index contributed by atoms with van der Waals surface area (Å²) in [6.07, 6.45) is 6.06. The molecule has 3 nitrogen and oxygen atoms in total. The van der Waals surface area contributed by atoms with E-state index in [1.54, 1.807) is 11.3 Å². The Balaban J connectivity index is 1.46. The molecule has 100 valence electrons. The molecule has 0 bridgehead atoms. The summed E-state index contributed by atoms with van der Waals surface area (Å²) in [7, 11) is 0. The van der Waals surface area contributed by atoms with Crippen LogP contribution in [-0.4, -0.2) is 41.1 Å². The first kappa shape index (κ1) is 12.6. The van der Waals surface area contributed by atoms with Gasteiger partial charge in [0.15, 0.2) is 0 Å². The molecule has 1 aromatic heterocycles. The van der Waals surface area contributed by atoms with E-state index in [-0.39, 0.29) is 0 Å². The first-order valence-electron chi connectivity index (χ1n) is 7.12. The average molecular weight is 265 g/mol. The number of likely N-dealkylation sites (tertiary alicyclic amines) is 1. The summed E-state index contributed by atoms with van der Waals surface area (Å²) in [5.74, 6) is 0.537. The third-order valence-electron chi connectivity index (χ3n) is 4.22. The highest BCUT2D eigenvalue weighted by atomic mass is 32.1. The van der Waals surface area contributed by atoms with Gasteiger partial charge in [-0.1, -0.05) is 6.92 Å². The minimum Gasteiger partial charge on any atom is -0.312 e. The summed E-state index contributed by atoms with van der Waals surface area (Å²) < 4.78 is 0. The Bertz CT molecular complexity index is 374. The topological polar surface area (TPSA) is 28.2 Å². The van der Waals surface area contributed by atoms with Crippen molar-refractivity contribution in [3.05, 3.63) is 16.6 Å². The standard InChI is InChI=1S/C14H23N3S/c1-10(14-15-5-6-18-14)8-16-12-7-11(2)17(9-12)13-3-4-13/h5-6,10-13,16H,3-4,7-9H2,1-2H3. The number of nitrogens with one attached hydrogen (secondary N) is 1. The number of aromatic nitrogens is 1. The average Bonchev–Trinajstić information content (AvgIpc) is 2.91. The molecule has 2 fully saturated rings. The third kappa shape index (κ3) is 2.76. The van der Waals surface area contributed by atoms with E-state index in [2.05, 4.69) is 34.4 Å². The molecule has 4 heteroatoms. The van der Waals surface area contributed by atoms with Crippen LogP contribution in [0.2, 0.25) is 0 Å². The van der Waals surface area contributed by atoms with Crippen LogP contribution in [0.1, 0.15) is 44.0 Å². The Labute approximate surface area is 114 Å². The normalized spacial score (nSPS) is 30.8. The quantitative estimate of drug-likeness (QED) is 0.886. The van der Waals surface area contributed by atoms with E-state index in [0.717, 1.165) is 18.6 Å². The second-order valence-corrected chi connectivity index (χ2v) is 6.82. The summed E-state index contributed by atoms with van der Waals surface area (Å²) in [6, 6.07) is 2.36. The van der Waals surface area contributed by atoms with E-state index in [9.17, 15) is 0 Å². The van der Waals surface area contributed by atoms with Crippen molar-refractivity contribution in [3.63, 3.8) is 0 Å². The van der Waals surface area contributed by atoms with Crippen molar-refractivity contribution in [1.29, 1.82) is 0 Å². The van der Waals surface area contributed by atoms with E-state index in [4.69, 9.17) is 0 Å². The van der Waals surface area contributed by atoms with Crippen molar-refractivity contribution in [1.82, 2.24) is 15.2 Å². The lowest BCUT2D eigenvalue weighted by molar-refractivity contribution is 0.255. The summed E-state index contributed by atoms with van der Waals surface area (Å²) in [5, 5.41) is 7.06. The lowest BCUT2D eigenvalue weighted by Crippen LogP contribution is -2.35. The molecule has 18 heavy (non-hydrogen) atoms. The van der Waals surface area contributed by atoms with E-state index in [0.29, 0.717) is 12.0 Å². The van der Waals surface area contributed by atoms with E-state index >= 15 is 0 Å². The van der Waals surface area contributed by atoms with Crippen molar-refractivity contribution in [2.24, 2.45) is 0 Å². The van der Waals surface area contributed by atoms with Crippen LogP contribution in [0.5, 0.6) is 0 Å². The van der Waals surface area contributed by atoms with E-state index in [1.165, 1.54) is 30.8 Å². The van der Waals surface area contributed by atoms with Gasteiger partial charge in [-0.05, 0) is 26.2 Å². The van der Waals surface area contributed by atoms with Gasteiger partial charge in [-0.25, -0.2) is 4.98 Å². The van der Waals surface area contributed by atoms with Gasteiger partial charge in [0.25, 0.3) is 0 Å². The molecule has 0 aromatic carbocycles. The molecule has 0 spiro atoms. The van der Waals surface area contributed by atoms with Gasteiger partial charge in [0.2, 0.25) is 0 Å². The van der Waals surface area contributed by atoms with Crippen LogP contribution in [0.3, 0.4) is 0 Å². The van der Waals surface area contributed by atoms with Crippen LogP contribution >= 0.6 is 11.3 Å². The molecule has 1 saturated carbocycles. The number of nitrogens with zero attached hydrogens (tertiary/aromatic N) is 2. The van der Waals surface area contributed by atoms with Crippen LogP contribution in [-0.2, 0) is 0 Å². The molecule has 1 aromatic rings. The summed E-state index contributed by atoms with van der Waals surface area (Å²) in [5.41, 5.74) is 0. The minimum atomic E-state index is 0.537. The zero-order valence-electron chi connectivity index (χ0n) is 11.3. The fraction of sp³-hybridized carbons (Fsp3) is 0.786. The van der Waals surface area contributed by atoms with Crippen molar-refractivity contribution in [2.75, 3.05) is 13.1 Å². The maximum Gasteiger partial charge on any atom is 0.0965 e. The second-order valence-electron chi connectivity index (χ2n) is 5.89. The fourth-order valence-corrected chi connectivity index (χ4v) is 3.73. The zero-order valence-corrected chi connectivity index (χ0v) is 12.1. The molecule has 1 aliphatic heterocycles. The third-order valence-corrected chi connectivity index (χ3v) is 5.23. The second kappa shape index (κ2) is 5.27. The predicted molar refractivity (Wildman–Crippen MR) is 76.1 cm³/mol. The van der Waals surface area contributed by atoms with Crippen LogP contribution in [0, 0.1) is 0 Å². The van der Waals surface area contributed by atoms with Crippen molar-refractivity contribution >= 4 is 11.3 Å². The molecule has 1 aliphatic carbocycles. The predicted octanol–water partition coefficient (Wildman–Crippen LogP) is 2.46. The minimum absolute atomic E-state index is 0.537. The van der Waals surface area contributed by atoms with Gasteiger partial charge in [0.05, 0.1) is 5.01 Å². The maximum atomic E-state index is 4.40. The SMILES string of the molecule is CC(CNC1CC(C)N(C2CC2)C1)c1nccs1. The van der Waals surface area contributed by atoms with Gasteiger partial charge < -0.3 is 5.32 Å². The molecule has 3 atom stereocenters. The number of hydrogen-bond donors (Lipinski definition) is 1. The highest BCUT2D eigenvalue weighted by molar-refractivity contribution is 7.09.